The number of benzene rings is 2. The van der Waals surface area contributed by atoms with Gasteiger partial charge in [-0.2, -0.15) is 0 Å². The Morgan fingerprint density at radius 1 is 1.17 bits per heavy atom. The topological polar surface area (TPSA) is 49.8 Å². The first-order valence-corrected chi connectivity index (χ1v) is 7.75. The first kappa shape index (κ1) is 15.4. The lowest BCUT2D eigenvalue weighted by molar-refractivity contribution is 0.0471. The number of aromatic hydroxyl groups is 1. The zero-order chi connectivity index (χ0) is 16.4. The molecule has 0 aliphatic carbocycles. The molecule has 0 unspecified atom stereocenters. The number of rotatable bonds is 2. The molecule has 0 saturated carbocycles. The summed E-state index contributed by atoms with van der Waals surface area (Å²) in [5.41, 5.74) is 2.46. The summed E-state index contributed by atoms with van der Waals surface area (Å²) < 4.78 is 5.47. The molecule has 0 radical (unpaired) electrons. The van der Waals surface area contributed by atoms with E-state index in [4.69, 9.17) is 4.74 Å². The lowest BCUT2D eigenvalue weighted by atomic mass is 9.85. The van der Waals surface area contributed by atoms with Crippen molar-refractivity contribution in [3.8, 4) is 5.75 Å². The summed E-state index contributed by atoms with van der Waals surface area (Å²) in [4.78, 5) is 14.3. The van der Waals surface area contributed by atoms with E-state index in [1.807, 2.05) is 50.2 Å². The molecule has 1 aliphatic heterocycles. The fourth-order valence-electron chi connectivity index (χ4n) is 2.99. The summed E-state index contributed by atoms with van der Waals surface area (Å²) >= 11 is 0. The molecule has 1 heterocycles. The molecule has 0 saturated heterocycles. The molecule has 1 amide bonds. The average molecular weight is 311 g/mol. The van der Waals surface area contributed by atoms with Crippen LogP contribution in [0, 0.1) is 0 Å². The van der Waals surface area contributed by atoms with E-state index in [2.05, 4.69) is 0 Å². The third-order valence-corrected chi connectivity index (χ3v) is 4.34. The molecule has 0 aromatic heterocycles. The van der Waals surface area contributed by atoms with Gasteiger partial charge in [-0.25, -0.2) is 4.79 Å². The molecule has 0 fully saturated rings. The van der Waals surface area contributed by atoms with Crippen molar-refractivity contribution in [2.75, 3.05) is 0 Å². The molecule has 23 heavy (non-hydrogen) atoms. The molecule has 2 aromatic carbocycles. The highest BCUT2D eigenvalue weighted by atomic mass is 16.6. The molecular formula is C19H21NO3. The minimum Gasteiger partial charge on any atom is -0.508 e. The van der Waals surface area contributed by atoms with E-state index in [0.717, 1.165) is 16.7 Å². The number of carbonyl (C=O) groups is 1. The van der Waals surface area contributed by atoms with Gasteiger partial charge in [0.25, 0.3) is 0 Å². The van der Waals surface area contributed by atoms with Crippen LogP contribution in [0.3, 0.4) is 0 Å². The maximum Gasteiger partial charge on any atom is 0.410 e. The van der Waals surface area contributed by atoms with E-state index in [0.29, 0.717) is 18.7 Å². The van der Waals surface area contributed by atoms with Crippen molar-refractivity contribution in [2.24, 2.45) is 0 Å². The smallest absolute Gasteiger partial charge is 0.410 e. The van der Waals surface area contributed by atoms with Gasteiger partial charge in [-0.05, 0) is 37.5 Å². The van der Waals surface area contributed by atoms with E-state index in [9.17, 15) is 9.90 Å². The van der Waals surface area contributed by atoms with Crippen LogP contribution in [0.5, 0.6) is 5.75 Å². The summed E-state index contributed by atoms with van der Waals surface area (Å²) in [6.45, 7) is 4.70. The molecule has 0 bridgehead atoms. The van der Waals surface area contributed by atoms with Gasteiger partial charge in [-0.1, -0.05) is 42.5 Å². The van der Waals surface area contributed by atoms with E-state index >= 15 is 0 Å². The Labute approximate surface area is 136 Å². The minimum atomic E-state index is -0.403. The molecule has 120 valence electrons. The normalized spacial score (nSPS) is 15.8. The zero-order valence-electron chi connectivity index (χ0n) is 13.5. The minimum absolute atomic E-state index is 0.263. The molecular weight excluding hydrogens is 290 g/mol. The fraction of sp³-hybridized carbons (Fsp3) is 0.316. The number of fused-ring (bicyclic) bond motifs is 1. The highest BCUT2D eigenvalue weighted by Crippen LogP contribution is 2.35. The second-order valence-corrected chi connectivity index (χ2v) is 6.53. The number of phenolic OH excluding ortho intramolecular Hbond substituents is 1. The second-order valence-electron chi connectivity index (χ2n) is 6.53. The fourth-order valence-corrected chi connectivity index (χ4v) is 2.99. The van der Waals surface area contributed by atoms with E-state index < -0.39 is 5.54 Å². The van der Waals surface area contributed by atoms with Gasteiger partial charge in [0.05, 0.1) is 0 Å². The Morgan fingerprint density at radius 2 is 1.91 bits per heavy atom. The molecule has 0 atom stereocenters. The Kier molecular flexibility index (Phi) is 3.99. The standard InChI is InChI=1S/C19H21NO3/c1-19(2)11-16-15(9-6-10-17(16)21)12-20(19)18(22)23-13-14-7-4-3-5-8-14/h3-10,21H,11-13H2,1-2H3. The number of phenols is 1. The SMILES string of the molecule is CC1(C)Cc2c(O)cccc2CN1C(=O)OCc1ccccc1. The van der Waals surface area contributed by atoms with Crippen LogP contribution in [0.2, 0.25) is 0 Å². The lowest BCUT2D eigenvalue weighted by Crippen LogP contribution is -2.51. The average Bonchev–Trinajstić information content (AvgIpc) is 2.53. The van der Waals surface area contributed by atoms with Crippen LogP contribution in [0.15, 0.2) is 48.5 Å². The lowest BCUT2D eigenvalue weighted by Gasteiger charge is -2.42. The first-order valence-electron chi connectivity index (χ1n) is 7.75. The van der Waals surface area contributed by atoms with Crippen molar-refractivity contribution in [3.63, 3.8) is 0 Å². The molecule has 2 aromatic rings. The number of carbonyl (C=O) groups excluding carboxylic acids is 1. The van der Waals surface area contributed by atoms with Crippen molar-refractivity contribution < 1.29 is 14.6 Å². The van der Waals surface area contributed by atoms with Crippen LogP contribution in [0.1, 0.15) is 30.5 Å². The quantitative estimate of drug-likeness (QED) is 0.916. The number of ether oxygens (including phenoxy) is 1. The molecule has 1 N–H and O–H groups in total. The van der Waals surface area contributed by atoms with E-state index in [1.165, 1.54) is 0 Å². The van der Waals surface area contributed by atoms with Crippen LogP contribution in [-0.4, -0.2) is 21.6 Å². The molecule has 1 aliphatic rings. The number of hydrogen-bond acceptors (Lipinski definition) is 3. The predicted octanol–water partition coefficient (Wildman–Crippen LogP) is 3.87. The highest BCUT2D eigenvalue weighted by molar-refractivity contribution is 5.69. The Balaban J connectivity index is 1.75. The summed E-state index contributed by atoms with van der Waals surface area (Å²) in [7, 11) is 0. The summed E-state index contributed by atoms with van der Waals surface area (Å²) in [6, 6.07) is 15.1. The van der Waals surface area contributed by atoms with Crippen molar-refractivity contribution in [1.29, 1.82) is 0 Å². The van der Waals surface area contributed by atoms with Crippen molar-refractivity contribution in [1.82, 2.24) is 4.90 Å². The van der Waals surface area contributed by atoms with Gasteiger partial charge in [-0.3, -0.25) is 4.90 Å². The van der Waals surface area contributed by atoms with Gasteiger partial charge in [-0.15, -0.1) is 0 Å². The summed E-state index contributed by atoms with van der Waals surface area (Å²) in [5.74, 6) is 0.299. The van der Waals surface area contributed by atoms with E-state index in [-0.39, 0.29) is 12.7 Å². The Morgan fingerprint density at radius 3 is 2.65 bits per heavy atom. The second kappa shape index (κ2) is 5.95. The molecule has 3 rings (SSSR count). The predicted molar refractivity (Wildman–Crippen MR) is 88.1 cm³/mol. The summed E-state index contributed by atoms with van der Waals surface area (Å²) in [5, 5.41) is 10.0. The van der Waals surface area contributed by atoms with E-state index in [1.54, 1.807) is 17.0 Å². The highest BCUT2D eigenvalue weighted by Gasteiger charge is 2.37. The van der Waals surface area contributed by atoms with Crippen LogP contribution in [-0.2, 0) is 24.3 Å². The van der Waals surface area contributed by atoms with Gasteiger partial charge in [0.1, 0.15) is 12.4 Å². The maximum atomic E-state index is 12.5. The third kappa shape index (κ3) is 3.16. The molecule has 0 spiro atoms. The Hall–Kier alpha value is -2.49. The monoisotopic (exact) mass is 311 g/mol. The van der Waals surface area contributed by atoms with Gasteiger partial charge in [0, 0.05) is 17.6 Å². The molecule has 4 nitrogen and oxygen atoms in total. The van der Waals surface area contributed by atoms with Gasteiger partial charge in [0.15, 0.2) is 0 Å². The van der Waals surface area contributed by atoms with Crippen molar-refractivity contribution in [3.05, 3.63) is 65.2 Å². The zero-order valence-corrected chi connectivity index (χ0v) is 13.5. The van der Waals surface area contributed by atoms with Gasteiger partial charge in [0.2, 0.25) is 0 Å². The summed E-state index contributed by atoms with van der Waals surface area (Å²) in [6.07, 6.45) is 0.281. The van der Waals surface area contributed by atoms with Gasteiger partial charge >= 0.3 is 6.09 Å². The van der Waals surface area contributed by atoms with Crippen molar-refractivity contribution >= 4 is 6.09 Å². The third-order valence-electron chi connectivity index (χ3n) is 4.34. The van der Waals surface area contributed by atoms with Crippen LogP contribution < -0.4 is 0 Å². The van der Waals surface area contributed by atoms with Gasteiger partial charge < -0.3 is 9.84 Å². The number of hydrogen-bond donors (Lipinski definition) is 1. The Bertz CT molecular complexity index is 710. The van der Waals surface area contributed by atoms with Crippen molar-refractivity contribution in [2.45, 2.75) is 39.0 Å². The number of amides is 1. The van der Waals surface area contributed by atoms with Crippen LogP contribution >= 0.6 is 0 Å². The van der Waals surface area contributed by atoms with Crippen LogP contribution in [0.4, 0.5) is 4.79 Å². The maximum absolute atomic E-state index is 12.5. The van der Waals surface area contributed by atoms with Crippen LogP contribution in [0.25, 0.3) is 0 Å². The largest absolute Gasteiger partial charge is 0.508 e. The number of nitrogens with zero attached hydrogens (tertiary/aromatic N) is 1. The molecule has 4 heteroatoms. The first-order chi connectivity index (χ1) is 11.0.